The normalized spacial score (nSPS) is 13.1. The van der Waals surface area contributed by atoms with E-state index >= 15 is 0 Å². The first kappa shape index (κ1) is 25.0. The molecule has 1 aromatic rings. The Bertz CT molecular complexity index is 634. The van der Waals surface area contributed by atoms with Crippen LogP contribution < -0.4 is 16.0 Å². The maximum atomic E-state index is 12.3. The fraction of sp³-hybridized carbons (Fsp3) is 0.652. The third kappa shape index (κ3) is 9.31. The second-order valence-corrected chi connectivity index (χ2v) is 8.03. The molecule has 0 aromatic heterocycles. The highest BCUT2D eigenvalue weighted by molar-refractivity contribution is 5.94. The minimum atomic E-state index is -0.0299. The van der Waals surface area contributed by atoms with Crippen molar-refractivity contribution in [2.75, 3.05) is 19.6 Å². The molecule has 0 aliphatic carbocycles. The molecule has 1 atom stereocenters. The van der Waals surface area contributed by atoms with Gasteiger partial charge in [0.25, 0.3) is 5.91 Å². The van der Waals surface area contributed by atoms with Gasteiger partial charge in [0.05, 0.1) is 6.54 Å². The molecule has 3 N–H and O–H groups in total. The van der Waals surface area contributed by atoms with Crippen molar-refractivity contribution in [1.82, 2.24) is 20.9 Å². The highest BCUT2D eigenvalue weighted by Gasteiger charge is 2.13. The van der Waals surface area contributed by atoms with Crippen LogP contribution in [0.1, 0.15) is 70.8 Å². The van der Waals surface area contributed by atoms with E-state index in [1.165, 1.54) is 0 Å². The second-order valence-electron chi connectivity index (χ2n) is 8.03. The highest BCUT2D eigenvalue weighted by Crippen LogP contribution is 2.08. The summed E-state index contributed by atoms with van der Waals surface area (Å²) in [7, 11) is 0. The number of carbonyl (C=O) groups is 1. The summed E-state index contributed by atoms with van der Waals surface area (Å²) in [6.07, 6.45) is 0.915. The van der Waals surface area contributed by atoms with Gasteiger partial charge in [-0.05, 0) is 65.7 Å². The van der Waals surface area contributed by atoms with Crippen molar-refractivity contribution < 1.29 is 4.79 Å². The SMILES string of the molecule is CCNC(=NCc1cccc(C(=O)NC(C)CC)c1)NCCN(C(C)C)C(C)C. The van der Waals surface area contributed by atoms with E-state index < -0.39 is 0 Å². The monoisotopic (exact) mass is 403 g/mol. The topological polar surface area (TPSA) is 68.8 Å². The lowest BCUT2D eigenvalue weighted by Crippen LogP contribution is -2.45. The van der Waals surface area contributed by atoms with Crippen LogP contribution in [0.4, 0.5) is 0 Å². The molecule has 29 heavy (non-hydrogen) atoms. The summed E-state index contributed by atoms with van der Waals surface area (Å²) in [5, 5.41) is 9.73. The van der Waals surface area contributed by atoms with Crippen molar-refractivity contribution in [1.29, 1.82) is 0 Å². The molecular formula is C23H41N5O. The van der Waals surface area contributed by atoms with Gasteiger partial charge in [-0.25, -0.2) is 4.99 Å². The predicted octanol–water partition coefficient (Wildman–Crippen LogP) is 3.39. The van der Waals surface area contributed by atoms with E-state index in [0.717, 1.165) is 37.6 Å². The van der Waals surface area contributed by atoms with Crippen LogP contribution in [-0.4, -0.2) is 54.5 Å². The molecule has 1 unspecified atom stereocenters. The summed E-state index contributed by atoms with van der Waals surface area (Å²) in [5.41, 5.74) is 1.70. The summed E-state index contributed by atoms with van der Waals surface area (Å²) in [6.45, 7) is 18.2. The maximum absolute atomic E-state index is 12.3. The van der Waals surface area contributed by atoms with Gasteiger partial charge in [-0.3, -0.25) is 9.69 Å². The van der Waals surface area contributed by atoms with Crippen molar-refractivity contribution >= 4 is 11.9 Å². The van der Waals surface area contributed by atoms with Gasteiger partial charge in [-0.1, -0.05) is 19.1 Å². The lowest BCUT2D eigenvalue weighted by Gasteiger charge is -2.30. The summed E-state index contributed by atoms with van der Waals surface area (Å²) in [4.78, 5) is 19.5. The third-order valence-corrected chi connectivity index (χ3v) is 4.93. The van der Waals surface area contributed by atoms with E-state index in [9.17, 15) is 4.79 Å². The zero-order chi connectivity index (χ0) is 21.8. The van der Waals surface area contributed by atoms with Crippen molar-refractivity contribution in [3.8, 4) is 0 Å². The maximum Gasteiger partial charge on any atom is 0.251 e. The van der Waals surface area contributed by atoms with Crippen LogP contribution in [-0.2, 0) is 6.54 Å². The number of hydrogen-bond acceptors (Lipinski definition) is 3. The van der Waals surface area contributed by atoms with Crippen LogP contribution in [0.2, 0.25) is 0 Å². The Morgan fingerprint density at radius 1 is 1.07 bits per heavy atom. The van der Waals surface area contributed by atoms with E-state index in [2.05, 4.69) is 62.4 Å². The number of nitrogens with one attached hydrogen (secondary N) is 3. The molecule has 0 aliphatic heterocycles. The number of carbonyl (C=O) groups excluding carboxylic acids is 1. The zero-order valence-electron chi connectivity index (χ0n) is 19.4. The van der Waals surface area contributed by atoms with Crippen LogP contribution in [0.25, 0.3) is 0 Å². The molecule has 6 heteroatoms. The van der Waals surface area contributed by atoms with Crippen LogP contribution in [0, 0.1) is 0 Å². The molecule has 0 aliphatic rings. The molecule has 0 saturated heterocycles. The minimum Gasteiger partial charge on any atom is -0.357 e. The Kier molecular flexibility index (Phi) is 11.4. The Morgan fingerprint density at radius 2 is 1.76 bits per heavy atom. The van der Waals surface area contributed by atoms with Gasteiger partial charge in [0, 0.05) is 43.3 Å². The van der Waals surface area contributed by atoms with Crippen LogP contribution in [0.3, 0.4) is 0 Å². The van der Waals surface area contributed by atoms with Crippen molar-refractivity contribution in [3.05, 3.63) is 35.4 Å². The molecule has 0 radical (unpaired) electrons. The quantitative estimate of drug-likeness (QED) is 0.391. The molecular weight excluding hydrogens is 362 g/mol. The molecule has 1 amide bonds. The number of hydrogen-bond donors (Lipinski definition) is 3. The zero-order valence-corrected chi connectivity index (χ0v) is 19.4. The lowest BCUT2D eigenvalue weighted by molar-refractivity contribution is 0.0939. The molecule has 0 bridgehead atoms. The van der Waals surface area contributed by atoms with Crippen molar-refractivity contribution in [2.24, 2.45) is 4.99 Å². The van der Waals surface area contributed by atoms with E-state index in [1.807, 2.05) is 31.2 Å². The number of aliphatic imine (C=N–C) groups is 1. The predicted molar refractivity (Wildman–Crippen MR) is 123 cm³/mol. The molecule has 0 saturated carbocycles. The van der Waals surface area contributed by atoms with Gasteiger partial charge in [0.15, 0.2) is 5.96 Å². The molecule has 6 nitrogen and oxygen atoms in total. The van der Waals surface area contributed by atoms with Gasteiger partial charge in [-0.2, -0.15) is 0 Å². The van der Waals surface area contributed by atoms with Gasteiger partial charge >= 0.3 is 0 Å². The summed E-state index contributed by atoms with van der Waals surface area (Å²) in [5.74, 6) is 0.770. The van der Waals surface area contributed by atoms with E-state index in [0.29, 0.717) is 24.2 Å². The first-order valence-electron chi connectivity index (χ1n) is 11.0. The molecule has 0 fully saturated rings. The number of guanidine groups is 1. The average molecular weight is 404 g/mol. The smallest absolute Gasteiger partial charge is 0.251 e. The fourth-order valence-electron chi connectivity index (χ4n) is 3.15. The fourth-order valence-corrected chi connectivity index (χ4v) is 3.15. The first-order valence-corrected chi connectivity index (χ1v) is 11.0. The largest absolute Gasteiger partial charge is 0.357 e. The van der Waals surface area contributed by atoms with Crippen molar-refractivity contribution in [2.45, 2.75) is 79.6 Å². The molecule has 1 aromatic carbocycles. The summed E-state index contributed by atoms with van der Waals surface area (Å²) >= 11 is 0. The Morgan fingerprint density at radius 3 is 2.34 bits per heavy atom. The van der Waals surface area contributed by atoms with Gasteiger partial charge in [0.1, 0.15) is 0 Å². The van der Waals surface area contributed by atoms with Gasteiger partial charge in [-0.15, -0.1) is 0 Å². The highest BCUT2D eigenvalue weighted by atomic mass is 16.1. The molecule has 0 heterocycles. The Balaban J connectivity index is 2.71. The van der Waals surface area contributed by atoms with E-state index in [-0.39, 0.29) is 11.9 Å². The van der Waals surface area contributed by atoms with Crippen LogP contribution in [0.5, 0.6) is 0 Å². The second kappa shape index (κ2) is 13.2. The summed E-state index contributed by atoms with van der Waals surface area (Å²) in [6, 6.07) is 8.89. The molecule has 164 valence electrons. The van der Waals surface area contributed by atoms with Gasteiger partial charge < -0.3 is 16.0 Å². The first-order chi connectivity index (χ1) is 13.8. The third-order valence-electron chi connectivity index (χ3n) is 4.93. The van der Waals surface area contributed by atoms with E-state index in [4.69, 9.17) is 4.99 Å². The lowest BCUT2D eigenvalue weighted by atomic mass is 10.1. The van der Waals surface area contributed by atoms with Crippen molar-refractivity contribution in [3.63, 3.8) is 0 Å². The Hall–Kier alpha value is -2.08. The van der Waals surface area contributed by atoms with Gasteiger partial charge in [0.2, 0.25) is 0 Å². The van der Waals surface area contributed by atoms with E-state index in [1.54, 1.807) is 0 Å². The average Bonchev–Trinajstić information content (AvgIpc) is 2.68. The Labute approximate surface area is 177 Å². The van der Waals surface area contributed by atoms with Crippen LogP contribution >= 0.6 is 0 Å². The standard InChI is InChI=1S/C23H41N5O/c1-8-19(7)27-22(29)21-12-10-11-20(15-21)16-26-23(24-9-2)25-13-14-28(17(3)4)18(5)6/h10-12,15,17-19H,8-9,13-14,16H2,1-7H3,(H,27,29)(H2,24,25,26). The summed E-state index contributed by atoms with van der Waals surface area (Å²) < 4.78 is 0. The number of rotatable bonds is 11. The number of nitrogens with zero attached hydrogens (tertiary/aromatic N) is 2. The number of benzene rings is 1. The minimum absolute atomic E-state index is 0.0299. The molecule has 1 rings (SSSR count). The number of amides is 1. The van der Waals surface area contributed by atoms with Crippen LogP contribution in [0.15, 0.2) is 29.3 Å². The molecule has 0 spiro atoms.